The molecule has 0 amide bonds. The molecule has 1 N–H and O–H groups in total. The fourth-order valence-electron chi connectivity index (χ4n) is 2.14. The lowest BCUT2D eigenvalue weighted by Crippen LogP contribution is -2.25. The molecule has 3 nitrogen and oxygen atoms in total. The molecule has 2 rings (SSSR count). The van der Waals surface area contributed by atoms with Crippen LogP contribution >= 0.6 is 23.2 Å². The average molecular weight is 331 g/mol. The Kier molecular flexibility index (Phi) is 4.61. The summed E-state index contributed by atoms with van der Waals surface area (Å²) < 4.78 is 15.4. The van der Waals surface area contributed by atoms with Gasteiger partial charge in [-0.15, -0.1) is 0 Å². The van der Waals surface area contributed by atoms with Gasteiger partial charge in [-0.05, 0) is 39.0 Å². The molecular weight excluding hydrogens is 314 g/mol. The molecule has 0 aliphatic rings. The molecule has 0 bridgehead atoms. The Labute approximate surface area is 133 Å². The van der Waals surface area contributed by atoms with E-state index in [1.807, 2.05) is 26.1 Å². The summed E-state index contributed by atoms with van der Waals surface area (Å²) in [6.45, 7) is 5.61. The molecule has 0 aliphatic carbocycles. The third kappa shape index (κ3) is 3.57. The number of rotatable bonds is 4. The van der Waals surface area contributed by atoms with Gasteiger partial charge in [0.1, 0.15) is 5.82 Å². The minimum absolute atomic E-state index is 0.0661. The molecule has 2 aromatic rings. The van der Waals surface area contributed by atoms with Crippen LogP contribution in [-0.4, -0.2) is 14.9 Å². The zero-order chi connectivity index (χ0) is 15.8. The van der Waals surface area contributed by atoms with Gasteiger partial charge in [0.05, 0.1) is 16.3 Å². The molecule has 0 saturated heterocycles. The monoisotopic (exact) mass is 330 g/mol. The van der Waals surface area contributed by atoms with Crippen molar-refractivity contribution in [2.45, 2.75) is 38.8 Å². The van der Waals surface area contributed by atoms with Gasteiger partial charge in [-0.25, -0.2) is 4.39 Å². The highest BCUT2D eigenvalue weighted by atomic mass is 35.5. The molecule has 0 spiro atoms. The van der Waals surface area contributed by atoms with E-state index >= 15 is 0 Å². The molecule has 1 atom stereocenters. The first-order valence-corrected chi connectivity index (χ1v) is 7.38. The van der Waals surface area contributed by atoms with Crippen molar-refractivity contribution in [3.8, 4) is 0 Å². The van der Waals surface area contributed by atoms with Crippen molar-refractivity contribution in [2.75, 3.05) is 0 Å². The van der Waals surface area contributed by atoms with Gasteiger partial charge in [-0.2, -0.15) is 5.10 Å². The zero-order valence-electron chi connectivity index (χ0n) is 12.1. The molecule has 1 aromatic heterocycles. The Bertz CT molecular complexity index is 653. The van der Waals surface area contributed by atoms with Crippen LogP contribution < -0.4 is 0 Å². The first-order chi connectivity index (χ1) is 9.70. The number of aliphatic hydroxyl groups is 1. The van der Waals surface area contributed by atoms with Crippen molar-refractivity contribution >= 4 is 23.2 Å². The topological polar surface area (TPSA) is 38.0 Å². The Balaban J connectivity index is 2.31. The third-order valence-electron chi connectivity index (χ3n) is 3.31. The molecule has 6 heteroatoms. The van der Waals surface area contributed by atoms with Gasteiger partial charge in [0, 0.05) is 29.2 Å². The van der Waals surface area contributed by atoms with E-state index in [2.05, 4.69) is 5.10 Å². The highest BCUT2D eigenvalue weighted by molar-refractivity contribution is 6.35. The maximum atomic E-state index is 13.6. The van der Waals surface area contributed by atoms with Crippen LogP contribution in [0.15, 0.2) is 24.4 Å². The number of halogens is 3. The fourth-order valence-corrected chi connectivity index (χ4v) is 2.73. The van der Waals surface area contributed by atoms with Crippen LogP contribution in [0, 0.1) is 5.82 Å². The van der Waals surface area contributed by atoms with Crippen LogP contribution in [0.3, 0.4) is 0 Å². The predicted octanol–water partition coefficient (Wildman–Crippen LogP) is 4.36. The summed E-state index contributed by atoms with van der Waals surface area (Å²) in [5.74, 6) is -0.607. The first kappa shape index (κ1) is 16.3. The van der Waals surface area contributed by atoms with Crippen molar-refractivity contribution in [1.82, 2.24) is 9.78 Å². The van der Waals surface area contributed by atoms with Gasteiger partial charge in [0.25, 0.3) is 0 Å². The highest BCUT2D eigenvalue weighted by Gasteiger charge is 2.28. The second-order valence-electron chi connectivity index (χ2n) is 5.58. The SMILES string of the molecule is CC(C)n1ccc(CC(C)(O)c2cc(F)c(Cl)cc2Cl)n1. The molecule has 0 radical (unpaired) electrons. The molecule has 1 unspecified atom stereocenters. The number of hydrogen-bond donors (Lipinski definition) is 1. The maximum Gasteiger partial charge on any atom is 0.142 e. The van der Waals surface area contributed by atoms with E-state index in [0.717, 1.165) is 0 Å². The van der Waals surface area contributed by atoms with Crippen LogP contribution in [0.25, 0.3) is 0 Å². The number of aromatic nitrogens is 2. The summed E-state index contributed by atoms with van der Waals surface area (Å²) in [6.07, 6.45) is 2.08. The van der Waals surface area contributed by atoms with E-state index in [1.54, 1.807) is 11.6 Å². The standard InChI is InChI=1S/C15H17Cl2FN2O/c1-9(2)20-5-4-10(19-20)8-15(3,21)11-6-14(18)13(17)7-12(11)16/h4-7,9,21H,8H2,1-3H3. The van der Waals surface area contributed by atoms with E-state index in [1.165, 1.54) is 12.1 Å². The summed E-state index contributed by atoms with van der Waals surface area (Å²) in [4.78, 5) is 0. The highest BCUT2D eigenvalue weighted by Crippen LogP contribution is 2.34. The zero-order valence-corrected chi connectivity index (χ0v) is 13.6. The van der Waals surface area contributed by atoms with E-state index in [0.29, 0.717) is 11.3 Å². The molecular formula is C15H17Cl2FN2O. The van der Waals surface area contributed by atoms with Crippen molar-refractivity contribution in [1.29, 1.82) is 0 Å². The molecule has 0 aliphatic heterocycles. The lowest BCUT2D eigenvalue weighted by atomic mass is 9.91. The second kappa shape index (κ2) is 5.95. The maximum absolute atomic E-state index is 13.6. The minimum Gasteiger partial charge on any atom is -0.385 e. The first-order valence-electron chi connectivity index (χ1n) is 6.62. The predicted molar refractivity (Wildman–Crippen MR) is 82.3 cm³/mol. The average Bonchev–Trinajstić information content (AvgIpc) is 2.81. The van der Waals surface area contributed by atoms with Crippen LogP contribution in [0.1, 0.15) is 38.1 Å². The Morgan fingerprint density at radius 1 is 1.33 bits per heavy atom. The van der Waals surface area contributed by atoms with E-state index in [9.17, 15) is 9.50 Å². The van der Waals surface area contributed by atoms with Gasteiger partial charge < -0.3 is 5.11 Å². The summed E-state index contributed by atoms with van der Waals surface area (Å²) >= 11 is 11.7. The Hall–Kier alpha value is -1.10. The largest absolute Gasteiger partial charge is 0.385 e. The Morgan fingerprint density at radius 2 is 2.00 bits per heavy atom. The van der Waals surface area contributed by atoms with Gasteiger partial charge in [0.2, 0.25) is 0 Å². The van der Waals surface area contributed by atoms with Crippen molar-refractivity contribution in [3.05, 3.63) is 51.5 Å². The molecule has 0 saturated carbocycles. The number of benzene rings is 1. The Morgan fingerprint density at radius 3 is 2.57 bits per heavy atom. The second-order valence-corrected chi connectivity index (χ2v) is 6.39. The summed E-state index contributed by atoms with van der Waals surface area (Å²) in [7, 11) is 0. The lowest BCUT2D eigenvalue weighted by molar-refractivity contribution is 0.0561. The van der Waals surface area contributed by atoms with E-state index in [-0.39, 0.29) is 22.5 Å². The van der Waals surface area contributed by atoms with Crippen LogP contribution in [0.4, 0.5) is 4.39 Å². The van der Waals surface area contributed by atoms with E-state index < -0.39 is 11.4 Å². The molecule has 0 fully saturated rings. The third-order valence-corrected chi connectivity index (χ3v) is 3.91. The van der Waals surface area contributed by atoms with Crippen molar-refractivity contribution < 1.29 is 9.50 Å². The smallest absolute Gasteiger partial charge is 0.142 e. The quantitative estimate of drug-likeness (QED) is 0.846. The summed E-state index contributed by atoms with van der Waals surface area (Å²) in [5.41, 5.74) is -0.330. The minimum atomic E-state index is -1.33. The summed E-state index contributed by atoms with van der Waals surface area (Å²) in [5, 5.41) is 15.2. The lowest BCUT2D eigenvalue weighted by Gasteiger charge is -2.24. The summed E-state index contributed by atoms with van der Waals surface area (Å²) in [6, 6.07) is 4.54. The fraction of sp³-hybridized carbons (Fsp3) is 0.400. The van der Waals surface area contributed by atoms with E-state index in [4.69, 9.17) is 23.2 Å². The molecule has 114 valence electrons. The van der Waals surface area contributed by atoms with Gasteiger partial charge in [-0.3, -0.25) is 4.68 Å². The van der Waals surface area contributed by atoms with Crippen molar-refractivity contribution in [3.63, 3.8) is 0 Å². The normalized spacial score (nSPS) is 14.5. The van der Waals surface area contributed by atoms with Crippen LogP contribution in [0.2, 0.25) is 10.0 Å². The van der Waals surface area contributed by atoms with Crippen LogP contribution in [-0.2, 0) is 12.0 Å². The molecule has 21 heavy (non-hydrogen) atoms. The number of nitrogens with zero attached hydrogens (tertiary/aromatic N) is 2. The van der Waals surface area contributed by atoms with Crippen LogP contribution in [0.5, 0.6) is 0 Å². The van der Waals surface area contributed by atoms with Gasteiger partial charge in [-0.1, -0.05) is 23.2 Å². The van der Waals surface area contributed by atoms with Gasteiger partial charge in [0.15, 0.2) is 0 Å². The molecule has 1 aromatic carbocycles. The molecule has 1 heterocycles. The van der Waals surface area contributed by atoms with Crippen molar-refractivity contribution in [2.24, 2.45) is 0 Å². The number of hydrogen-bond acceptors (Lipinski definition) is 2. The van der Waals surface area contributed by atoms with Gasteiger partial charge >= 0.3 is 0 Å².